The summed E-state index contributed by atoms with van der Waals surface area (Å²) in [4.78, 5) is 0. The Kier molecular flexibility index (Phi) is 3.47. The fourth-order valence-corrected chi connectivity index (χ4v) is 4.35. The lowest BCUT2D eigenvalue weighted by Gasteiger charge is -2.31. The van der Waals surface area contributed by atoms with E-state index in [1.54, 1.807) is 0 Å². The van der Waals surface area contributed by atoms with Crippen molar-refractivity contribution in [2.75, 3.05) is 19.7 Å². The normalized spacial score (nSPS) is 29.1. The Morgan fingerprint density at radius 2 is 2.00 bits per heavy atom. The van der Waals surface area contributed by atoms with Gasteiger partial charge in [-0.1, -0.05) is 12.8 Å². The smallest absolute Gasteiger partial charge is 0.217 e. The van der Waals surface area contributed by atoms with Gasteiger partial charge in [-0.3, -0.25) is 0 Å². The Morgan fingerprint density at radius 1 is 1.31 bits per heavy atom. The molecule has 1 atom stereocenters. The summed E-state index contributed by atoms with van der Waals surface area (Å²) in [7, 11) is -3.20. The number of rotatable bonds is 2. The maximum absolute atomic E-state index is 12.2. The molecular weight excluding hydrogens is 228 g/mol. The van der Waals surface area contributed by atoms with Crippen LogP contribution < -0.4 is 0 Å². The van der Waals surface area contributed by atoms with E-state index < -0.39 is 16.1 Å². The van der Waals surface area contributed by atoms with Crippen molar-refractivity contribution >= 4 is 10.0 Å². The van der Waals surface area contributed by atoms with Crippen LogP contribution in [0.4, 0.5) is 0 Å². The van der Waals surface area contributed by atoms with Crippen molar-refractivity contribution < 1.29 is 13.2 Å². The Bertz CT molecular complexity index is 381. The molecule has 1 saturated carbocycles. The van der Waals surface area contributed by atoms with Crippen LogP contribution in [-0.2, 0) is 14.8 Å². The summed E-state index contributed by atoms with van der Waals surface area (Å²) >= 11 is 0. The van der Waals surface area contributed by atoms with Crippen LogP contribution in [0.3, 0.4) is 0 Å². The average Bonchev–Trinajstić information content (AvgIpc) is 2.83. The van der Waals surface area contributed by atoms with Crippen molar-refractivity contribution in [2.45, 2.75) is 37.0 Å². The lowest BCUT2D eigenvalue weighted by atomic mass is 10.3. The monoisotopic (exact) mass is 244 g/mol. The Balaban J connectivity index is 2.08. The second-order valence-corrected chi connectivity index (χ2v) is 6.51. The number of morpholine rings is 1. The van der Waals surface area contributed by atoms with Gasteiger partial charge in [0.2, 0.25) is 10.0 Å². The van der Waals surface area contributed by atoms with Crippen molar-refractivity contribution in [2.24, 2.45) is 0 Å². The summed E-state index contributed by atoms with van der Waals surface area (Å²) in [6.07, 6.45) is 2.91. The van der Waals surface area contributed by atoms with Crippen LogP contribution in [0.1, 0.15) is 25.7 Å². The van der Waals surface area contributed by atoms with E-state index in [9.17, 15) is 8.42 Å². The number of hydrogen-bond donors (Lipinski definition) is 0. The minimum absolute atomic E-state index is 0.190. The van der Waals surface area contributed by atoms with E-state index in [0.717, 1.165) is 25.7 Å². The highest BCUT2D eigenvalue weighted by atomic mass is 32.2. The molecule has 1 aliphatic heterocycles. The molecule has 1 aliphatic carbocycles. The van der Waals surface area contributed by atoms with Gasteiger partial charge in [-0.25, -0.2) is 8.42 Å². The Morgan fingerprint density at radius 3 is 2.62 bits per heavy atom. The largest absolute Gasteiger partial charge is 0.361 e. The van der Waals surface area contributed by atoms with Crippen LogP contribution in [0.5, 0.6) is 0 Å². The van der Waals surface area contributed by atoms with Gasteiger partial charge >= 0.3 is 0 Å². The average molecular weight is 244 g/mol. The molecular formula is C10H16N2O3S. The van der Waals surface area contributed by atoms with E-state index in [1.165, 1.54) is 4.31 Å². The highest BCUT2D eigenvalue weighted by Gasteiger charge is 2.36. The van der Waals surface area contributed by atoms with Crippen molar-refractivity contribution in [3.05, 3.63) is 0 Å². The standard InChI is InChI=1S/C10H16N2O3S/c11-7-9-8-12(5-6-15-9)16(13,14)10-3-1-2-4-10/h9-10H,1-6,8H2. The SMILES string of the molecule is N#CC1CN(S(=O)(=O)C2CCCC2)CCO1. The van der Waals surface area contributed by atoms with Crippen LogP contribution in [0.25, 0.3) is 0 Å². The van der Waals surface area contributed by atoms with Gasteiger partial charge in [-0.2, -0.15) is 9.57 Å². The van der Waals surface area contributed by atoms with Crippen LogP contribution in [0, 0.1) is 11.3 Å². The van der Waals surface area contributed by atoms with Crippen molar-refractivity contribution in [3.63, 3.8) is 0 Å². The quantitative estimate of drug-likeness (QED) is 0.708. The predicted molar refractivity (Wildman–Crippen MR) is 58.1 cm³/mol. The molecule has 5 nitrogen and oxygen atoms in total. The third kappa shape index (κ3) is 2.21. The van der Waals surface area contributed by atoms with Crippen molar-refractivity contribution in [1.29, 1.82) is 5.26 Å². The molecule has 0 N–H and O–H groups in total. The third-order valence-electron chi connectivity index (χ3n) is 3.26. The topological polar surface area (TPSA) is 70.4 Å². The van der Waals surface area contributed by atoms with Crippen LogP contribution in [-0.4, -0.2) is 43.8 Å². The summed E-state index contributed by atoms with van der Waals surface area (Å²) in [5.74, 6) is 0. The van der Waals surface area contributed by atoms with Gasteiger partial charge in [-0.15, -0.1) is 0 Å². The zero-order valence-corrected chi connectivity index (χ0v) is 9.95. The summed E-state index contributed by atoms with van der Waals surface area (Å²) in [6.45, 7) is 0.899. The fraction of sp³-hybridized carbons (Fsp3) is 0.900. The first-order valence-corrected chi connectivity index (χ1v) is 7.15. The molecule has 0 aromatic rings. The molecule has 1 heterocycles. The summed E-state index contributed by atoms with van der Waals surface area (Å²) in [6, 6.07) is 1.97. The molecule has 0 amide bonds. The fourth-order valence-electron chi connectivity index (χ4n) is 2.33. The van der Waals surface area contributed by atoms with Gasteiger partial charge in [0.25, 0.3) is 0 Å². The maximum Gasteiger partial charge on any atom is 0.217 e. The van der Waals surface area contributed by atoms with E-state index in [0.29, 0.717) is 13.2 Å². The number of nitriles is 1. The Hall–Kier alpha value is -0.640. The summed E-state index contributed by atoms with van der Waals surface area (Å²) in [5, 5.41) is 8.51. The molecule has 6 heteroatoms. The number of nitrogens with zero attached hydrogens (tertiary/aromatic N) is 2. The van der Waals surface area contributed by atoms with Crippen molar-refractivity contribution in [1.82, 2.24) is 4.31 Å². The molecule has 1 unspecified atom stereocenters. The van der Waals surface area contributed by atoms with Crippen molar-refractivity contribution in [3.8, 4) is 6.07 Å². The summed E-state index contributed by atoms with van der Waals surface area (Å²) in [5.41, 5.74) is 0. The van der Waals surface area contributed by atoms with E-state index in [4.69, 9.17) is 10.00 Å². The lowest BCUT2D eigenvalue weighted by molar-refractivity contribution is 0.0308. The molecule has 0 aromatic heterocycles. The molecule has 0 spiro atoms. The zero-order chi connectivity index (χ0) is 11.6. The van der Waals surface area contributed by atoms with Gasteiger partial charge in [0, 0.05) is 6.54 Å². The molecule has 0 radical (unpaired) electrons. The third-order valence-corrected chi connectivity index (χ3v) is 5.62. The molecule has 1 saturated heterocycles. The van der Waals surface area contributed by atoms with Gasteiger partial charge in [0.15, 0.2) is 6.10 Å². The molecule has 2 fully saturated rings. The van der Waals surface area contributed by atoms with Gasteiger partial charge in [0.1, 0.15) is 0 Å². The Labute approximate surface area is 96.0 Å². The first-order chi connectivity index (χ1) is 7.64. The maximum atomic E-state index is 12.2. The number of hydrogen-bond acceptors (Lipinski definition) is 4. The van der Waals surface area contributed by atoms with Crippen LogP contribution in [0.15, 0.2) is 0 Å². The van der Waals surface area contributed by atoms with Gasteiger partial charge < -0.3 is 4.74 Å². The van der Waals surface area contributed by atoms with Gasteiger partial charge in [-0.05, 0) is 12.8 Å². The molecule has 16 heavy (non-hydrogen) atoms. The van der Waals surface area contributed by atoms with E-state index in [-0.39, 0.29) is 11.8 Å². The number of ether oxygens (including phenoxy) is 1. The molecule has 90 valence electrons. The highest BCUT2D eigenvalue weighted by molar-refractivity contribution is 7.89. The zero-order valence-electron chi connectivity index (χ0n) is 9.13. The molecule has 0 aromatic carbocycles. The first kappa shape index (κ1) is 11.8. The second kappa shape index (κ2) is 4.70. The first-order valence-electron chi connectivity index (χ1n) is 5.65. The van der Waals surface area contributed by atoms with Crippen LogP contribution in [0.2, 0.25) is 0 Å². The highest BCUT2D eigenvalue weighted by Crippen LogP contribution is 2.27. The molecule has 2 aliphatic rings. The lowest BCUT2D eigenvalue weighted by Crippen LogP contribution is -2.47. The van der Waals surface area contributed by atoms with Gasteiger partial charge in [0.05, 0.1) is 24.5 Å². The second-order valence-electron chi connectivity index (χ2n) is 4.30. The van der Waals surface area contributed by atoms with E-state index >= 15 is 0 Å². The molecule has 0 bridgehead atoms. The van der Waals surface area contributed by atoms with Crippen LogP contribution >= 0.6 is 0 Å². The minimum Gasteiger partial charge on any atom is -0.361 e. The number of sulfonamides is 1. The predicted octanol–water partition coefficient (Wildman–Crippen LogP) is 0.483. The summed E-state index contributed by atoms with van der Waals surface area (Å²) < 4.78 is 31.0. The van der Waals surface area contributed by atoms with E-state index in [1.807, 2.05) is 6.07 Å². The van der Waals surface area contributed by atoms with E-state index in [2.05, 4.69) is 0 Å². The minimum atomic E-state index is -3.20. The molecule has 2 rings (SSSR count).